The standard InChI is InChI=1S/C19H25N3O5/c1-5-25-14-10-19(20,18(14,2)3)17-21-15(22-27-17)11-26-13-8-6-7-12(9-13)16(23)24-4/h6-9,14H,5,10-11,20H2,1-4H3. The number of carbonyl (C=O) groups is 1. The molecule has 2 aromatic rings. The van der Waals surface area contributed by atoms with Gasteiger partial charge in [0.1, 0.15) is 11.3 Å². The Bertz CT molecular complexity index is 819. The minimum absolute atomic E-state index is 0.0557. The molecule has 0 aliphatic heterocycles. The van der Waals surface area contributed by atoms with Gasteiger partial charge in [-0.05, 0) is 25.1 Å². The summed E-state index contributed by atoms with van der Waals surface area (Å²) in [5.74, 6) is 0.842. The van der Waals surface area contributed by atoms with Crippen molar-refractivity contribution in [2.45, 2.75) is 45.4 Å². The van der Waals surface area contributed by atoms with Gasteiger partial charge < -0.3 is 24.5 Å². The third-order valence-corrected chi connectivity index (χ3v) is 5.30. The minimum atomic E-state index is -0.733. The quantitative estimate of drug-likeness (QED) is 0.735. The van der Waals surface area contributed by atoms with Crippen LogP contribution >= 0.6 is 0 Å². The Morgan fingerprint density at radius 3 is 2.85 bits per heavy atom. The lowest BCUT2D eigenvalue weighted by Crippen LogP contribution is -2.67. The molecule has 2 N–H and O–H groups in total. The molecule has 0 saturated heterocycles. The van der Waals surface area contributed by atoms with Gasteiger partial charge in [0.2, 0.25) is 11.7 Å². The van der Waals surface area contributed by atoms with Crippen LogP contribution < -0.4 is 10.5 Å². The number of hydrogen-bond donors (Lipinski definition) is 1. The van der Waals surface area contributed by atoms with E-state index in [2.05, 4.69) is 10.1 Å². The first kappa shape index (κ1) is 19.3. The van der Waals surface area contributed by atoms with Crippen molar-refractivity contribution >= 4 is 5.97 Å². The molecule has 2 atom stereocenters. The molecule has 1 saturated carbocycles. The molecule has 0 radical (unpaired) electrons. The Labute approximate surface area is 158 Å². The van der Waals surface area contributed by atoms with Gasteiger partial charge in [-0.2, -0.15) is 4.98 Å². The predicted molar refractivity (Wildman–Crippen MR) is 96.1 cm³/mol. The molecule has 0 amide bonds. The van der Waals surface area contributed by atoms with E-state index in [1.807, 2.05) is 20.8 Å². The van der Waals surface area contributed by atoms with Gasteiger partial charge in [-0.1, -0.05) is 25.1 Å². The molecule has 1 heterocycles. The molecule has 8 nitrogen and oxygen atoms in total. The van der Waals surface area contributed by atoms with Gasteiger partial charge in [0.25, 0.3) is 0 Å². The highest BCUT2D eigenvalue weighted by Gasteiger charge is 2.62. The SMILES string of the molecule is CCOC1CC(N)(c2nc(COc3cccc(C(=O)OC)c3)no2)C1(C)C. The number of rotatable bonds is 7. The molecule has 3 rings (SSSR count). The zero-order valence-corrected chi connectivity index (χ0v) is 16.0. The highest BCUT2D eigenvalue weighted by atomic mass is 16.5. The summed E-state index contributed by atoms with van der Waals surface area (Å²) in [4.78, 5) is 16.0. The summed E-state index contributed by atoms with van der Waals surface area (Å²) in [6.45, 7) is 6.77. The zero-order valence-electron chi connectivity index (χ0n) is 16.0. The molecule has 8 heteroatoms. The van der Waals surface area contributed by atoms with Crippen molar-refractivity contribution in [3.8, 4) is 5.75 Å². The van der Waals surface area contributed by atoms with Crippen LogP contribution in [0.4, 0.5) is 0 Å². The highest BCUT2D eigenvalue weighted by Crippen LogP contribution is 2.55. The van der Waals surface area contributed by atoms with Crippen LogP contribution in [0, 0.1) is 5.41 Å². The molecule has 1 aromatic heterocycles. The minimum Gasteiger partial charge on any atom is -0.485 e. The Morgan fingerprint density at radius 2 is 2.19 bits per heavy atom. The lowest BCUT2D eigenvalue weighted by Gasteiger charge is -2.56. The number of carbonyl (C=O) groups excluding carboxylic acids is 1. The van der Waals surface area contributed by atoms with E-state index in [1.54, 1.807) is 24.3 Å². The topological polar surface area (TPSA) is 110 Å². The molecule has 1 aliphatic carbocycles. The summed E-state index contributed by atoms with van der Waals surface area (Å²) in [5.41, 5.74) is 5.90. The Balaban J connectivity index is 1.66. The molecule has 0 bridgehead atoms. The number of methoxy groups -OCH3 is 1. The number of ether oxygens (including phenoxy) is 3. The van der Waals surface area contributed by atoms with Crippen LogP contribution in [-0.4, -0.2) is 35.9 Å². The summed E-state index contributed by atoms with van der Waals surface area (Å²) in [6, 6.07) is 6.69. The largest absolute Gasteiger partial charge is 0.485 e. The second-order valence-electron chi connectivity index (χ2n) is 7.16. The average molecular weight is 375 g/mol. The lowest BCUT2D eigenvalue weighted by molar-refractivity contribution is -0.162. The highest BCUT2D eigenvalue weighted by molar-refractivity contribution is 5.89. The monoisotopic (exact) mass is 375 g/mol. The summed E-state index contributed by atoms with van der Waals surface area (Å²) in [7, 11) is 1.33. The van der Waals surface area contributed by atoms with Gasteiger partial charge in [0.15, 0.2) is 6.61 Å². The van der Waals surface area contributed by atoms with E-state index in [1.165, 1.54) is 7.11 Å². The first-order valence-corrected chi connectivity index (χ1v) is 8.86. The van der Waals surface area contributed by atoms with Crippen LogP contribution in [0.15, 0.2) is 28.8 Å². The third kappa shape index (κ3) is 3.42. The second-order valence-corrected chi connectivity index (χ2v) is 7.16. The van der Waals surface area contributed by atoms with Crippen LogP contribution in [0.2, 0.25) is 0 Å². The normalized spacial score (nSPS) is 23.5. The molecule has 1 aromatic carbocycles. The van der Waals surface area contributed by atoms with Crippen LogP contribution in [0.5, 0.6) is 5.75 Å². The summed E-state index contributed by atoms with van der Waals surface area (Å²) < 4.78 is 21.5. The number of hydrogen-bond acceptors (Lipinski definition) is 8. The van der Waals surface area contributed by atoms with Crippen molar-refractivity contribution in [1.82, 2.24) is 10.1 Å². The molecule has 27 heavy (non-hydrogen) atoms. The molecule has 1 aliphatic rings. The van der Waals surface area contributed by atoms with E-state index in [0.717, 1.165) is 0 Å². The van der Waals surface area contributed by atoms with Gasteiger partial charge in [-0.3, -0.25) is 0 Å². The maximum Gasteiger partial charge on any atom is 0.337 e. The number of nitrogens with zero attached hydrogens (tertiary/aromatic N) is 2. The van der Waals surface area contributed by atoms with E-state index >= 15 is 0 Å². The van der Waals surface area contributed by atoms with Crippen LogP contribution in [0.25, 0.3) is 0 Å². The Kier molecular flexibility index (Phi) is 5.21. The Morgan fingerprint density at radius 1 is 1.41 bits per heavy atom. The Hall–Kier alpha value is -2.45. The summed E-state index contributed by atoms with van der Waals surface area (Å²) in [6.07, 6.45) is 0.678. The van der Waals surface area contributed by atoms with E-state index in [4.69, 9.17) is 24.5 Å². The third-order valence-electron chi connectivity index (χ3n) is 5.30. The fraction of sp³-hybridized carbons (Fsp3) is 0.526. The fourth-order valence-electron chi connectivity index (χ4n) is 3.27. The average Bonchev–Trinajstić information content (AvgIpc) is 3.15. The summed E-state index contributed by atoms with van der Waals surface area (Å²) in [5, 5.41) is 3.97. The molecule has 1 fully saturated rings. The summed E-state index contributed by atoms with van der Waals surface area (Å²) >= 11 is 0. The van der Waals surface area contributed by atoms with Gasteiger partial charge in [0, 0.05) is 18.4 Å². The predicted octanol–water partition coefficient (Wildman–Crippen LogP) is 2.42. The lowest BCUT2D eigenvalue weighted by atomic mass is 9.54. The van der Waals surface area contributed by atoms with Gasteiger partial charge in [0.05, 0.1) is 18.8 Å². The fourth-order valence-corrected chi connectivity index (χ4v) is 3.27. The zero-order chi connectivity index (χ0) is 19.7. The van der Waals surface area contributed by atoms with E-state index in [9.17, 15) is 4.79 Å². The number of aromatic nitrogens is 2. The first-order valence-electron chi connectivity index (χ1n) is 8.86. The van der Waals surface area contributed by atoms with E-state index in [-0.39, 0.29) is 18.1 Å². The van der Waals surface area contributed by atoms with Crippen LogP contribution in [-0.2, 0) is 21.6 Å². The molecule has 0 spiro atoms. The molecule has 2 unspecified atom stereocenters. The van der Waals surface area contributed by atoms with Crippen LogP contribution in [0.1, 0.15) is 49.3 Å². The first-order chi connectivity index (χ1) is 12.8. The van der Waals surface area contributed by atoms with Crippen molar-refractivity contribution < 1.29 is 23.5 Å². The van der Waals surface area contributed by atoms with E-state index in [0.29, 0.717) is 36.1 Å². The van der Waals surface area contributed by atoms with Gasteiger partial charge in [-0.25, -0.2) is 4.79 Å². The number of nitrogens with two attached hydrogens (primary N) is 1. The molecular formula is C19H25N3O5. The van der Waals surface area contributed by atoms with Gasteiger partial charge in [-0.15, -0.1) is 0 Å². The number of benzene rings is 1. The smallest absolute Gasteiger partial charge is 0.337 e. The number of esters is 1. The maximum absolute atomic E-state index is 11.6. The van der Waals surface area contributed by atoms with Gasteiger partial charge >= 0.3 is 5.97 Å². The van der Waals surface area contributed by atoms with Crippen LogP contribution in [0.3, 0.4) is 0 Å². The molecule has 146 valence electrons. The van der Waals surface area contributed by atoms with Crippen molar-refractivity contribution in [1.29, 1.82) is 0 Å². The second kappa shape index (κ2) is 7.28. The van der Waals surface area contributed by atoms with Crippen molar-refractivity contribution in [2.75, 3.05) is 13.7 Å². The maximum atomic E-state index is 11.6. The van der Waals surface area contributed by atoms with Crippen molar-refractivity contribution in [3.63, 3.8) is 0 Å². The van der Waals surface area contributed by atoms with Crippen molar-refractivity contribution in [3.05, 3.63) is 41.5 Å². The molecular weight excluding hydrogens is 350 g/mol. The van der Waals surface area contributed by atoms with E-state index < -0.39 is 11.5 Å². The van der Waals surface area contributed by atoms with Crippen molar-refractivity contribution in [2.24, 2.45) is 11.1 Å².